The van der Waals surface area contributed by atoms with Crippen LogP contribution >= 0.6 is 0 Å². The molecule has 30 heavy (non-hydrogen) atoms. The Hall–Kier alpha value is -3.58. The molecule has 0 unspecified atom stereocenters. The zero-order valence-electron chi connectivity index (χ0n) is 15.8. The Balaban J connectivity index is 1.67. The fourth-order valence-corrected chi connectivity index (χ4v) is 3.89. The van der Waals surface area contributed by atoms with Crippen molar-refractivity contribution in [1.29, 1.82) is 5.26 Å². The van der Waals surface area contributed by atoms with Crippen molar-refractivity contribution in [3.63, 3.8) is 0 Å². The van der Waals surface area contributed by atoms with Gasteiger partial charge in [0.2, 0.25) is 0 Å². The molecule has 3 atom stereocenters. The first-order valence-electron chi connectivity index (χ1n) is 9.46. The standard InChI is InChI=1S/C21H18N6O3/c22-8-11-1-2-13-6-14(4-3-12(13)5-11)19-18-20(23)24-10-25-21(18)27(26-19)17-7-15(29)16(9-28)30-17/h1-6,10,15-17,28-29H,7,9H2,(H2,23,24,25)/t15-,16+,17+/m0/s1. The molecular weight excluding hydrogens is 384 g/mol. The third-order valence-electron chi connectivity index (χ3n) is 5.42. The van der Waals surface area contributed by atoms with Crippen molar-refractivity contribution in [2.24, 2.45) is 0 Å². The molecule has 4 N–H and O–H groups in total. The number of benzene rings is 2. The minimum Gasteiger partial charge on any atom is -0.394 e. The van der Waals surface area contributed by atoms with E-state index in [1.165, 1.54) is 6.33 Å². The molecule has 5 rings (SSSR count). The van der Waals surface area contributed by atoms with Gasteiger partial charge in [0.05, 0.1) is 29.7 Å². The van der Waals surface area contributed by atoms with Crippen LogP contribution in [0.1, 0.15) is 18.2 Å². The summed E-state index contributed by atoms with van der Waals surface area (Å²) in [5, 5.41) is 35.8. The van der Waals surface area contributed by atoms with Crippen LogP contribution in [-0.4, -0.2) is 48.8 Å². The van der Waals surface area contributed by atoms with E-state index in [4.69, 9.17) is 20.8 Å². The number of nitrogens with zero attached hydrogens (tertiary/aromatic N) is 5. The largest absolute Gasteiger partial charge is 0.394 e. The topological polar surface area (TPSA) is 143 Å². The molecule has 0 amide bonds. The molecule has 2 aromatic heterocycles. The summed E-state index contributed by atoms with van der Waals surface area (Å²) >= 11 is 0. The SMILES string of the molecule is N#Cc1ccc2cc(-c3nn([C@H]4C[C@H](O)[C@@H](CO)O4)c4ncnc(N)c34)ccc2c1. The maximum atomic E-state index is 10.1. The van der Waals surface area contributed by atoms with E-state index in [1.807, 2.05) is 30.3 Å². The molecule has 9 heteroatoms. The van der Waals surface area contributed by atoms with Crippen LogP contribution in [0.25, 0.3) is 33.1 Å². The Labute approximate surface area is 171 Å². The number of hydrogen-bond donors (Lipinski definition) is 3. The molecule has 150 valence electrons. The molecule has 1 saturated heterocycles. The summed E-state index contributed by atoms with van der Waals surface area (Å²) in [5.74, 6) is 0.290. The molecule has 2 aromatic carbocycles. The Kier molecular flexibility index (Phi) is 4.33. The molecule has 1 aliphatic rings. The predicted octanol–water partition coefficient (Wildman–Crippen LogP) is 1.74. The van der Waals surface area contributed by atoms with Crippen molar-refractivity contribution >= 4 is 27.6 Å². The molecule has 1 aliphatic heterocycles. The molecule has 3 heterocycles. The van der Waals surface area contributed by atoms with Gasteiger partial charge in [0.25, 0.3) is 0 Å². The van der Waals surface area contributed by atoms with Gasteiger partial charge >= 0.3 is 0 Å². The number of ether oxygens (including phenoxy) is 1. The van der Waals surface area contributed by atoms with Gasteiger partial charge in [0, 0.05) is 12.0 Å². The number of fused-ring (bicyclic) bond motifs is 2. The normalized spacial score (nSPS) is 21.3. The first-order valence-corrected chi connectivity index (χ1v) is 9.46. The van der Waals surface area contributed by atoms with Crippen molar-refractivity contribution in [2.45, 2.75) is 24.9 Å². The second-order valence-corrected chi connectivity index (χ2v) is 7.25. The summed E-state index contributed by atoms with van der Waals surface area (Å²) in [6, 6.07) is 13.4. The van der Waals surface area contributed by atoms with Gasteiger partial charge in [-0.05, 0) is 29.0 Å². The number of anilines is 1. The van der Waals surface area contributed by atoms with Gasteiger partial charge in [-0.2, -0.15) is 10.4 Å². The van der Waals surface area contributed by atoms with E-state index in [2.05, 4.69) is 16.0 Å². The van der Waals surface area contributed by atoms with Crippen LogP contribution in [0.3, 0.4) is 0 Å². The highest BCUT2D eigenvalue weighted by atomic mass is 16.5. The van der Waals surface area contributed by atoms with Crippen LogP contribution in [0.15, 0.2) is 42.7 Å². The van der Waals surface area contributed by atoms with Crippen LogP contribution in [0.4, 0.5) is 5.82 Å². The summed E-state index contributed by atoms with van der Waals surface area (Å²) in [7, 11) is 0. The number of aliphatic hydroxyl groups is 2. The van der Waals surface area contributed by atoms with Gasteiger partial charge < -0.3 is 20.7 Å². The van der Waals surface area contributed by atoms with Crippen LogP contribution in [0.5, 0.6) is 0 Å². The molecule has 0 spiro atoms. The molecule has 9 nitrogen and oxygen atoms in total. The highest BCUT2D eigenvalue weighted by molar-refractivity contribution is 6.00. The van der Waals surface area contributed by atoms with Crippen molar-refractivity contribution in [3.8, 4) is 17.3 Å². The van der Waals surface area contributed by atoms with Crippen LogP contribution in [0.2, 0.25) is 0 Å². The zero-order chi connectivity index (χ0) is 20.8. The third-order valence-corrected chi connectivity index (χ3v) is 5.42. The smallest absolute Gasteiger partial charge is 0.166 e. The number of rotatable bonds is 3. The molecule has 0 aliphatic carbocycles. The summed E-state index contributed by atoms with van der Waals surface area (Å²) in [6.07, 6.45) is -0.414. The third kappa shape index (κ3) is 2.86. The molecule has 0 radical (unpaired) electrons. The monoisotopic (exact) mass is 402 g/mol. The number of nitrogen functional groups attached to an aromatic ring is 1. The second kappa shape index (κ2) is 7.03. The average molecular weight is 402 g/mol. The van der Waals surface area contributed by atoms with E-state index >= 15 is 0 Å². The van der Waals surface area contributed by atoms with Gasteiger partial charge in [-0.3, -0.25) is 0 Å². The quantitative estimate of drug-likeness (QED) is 0.470. The zero-order valence-corrected chi connectivity index (χ0v) is 15.8. The lowest BCUT2D eigenvalue weighted by Gasteiger charge is -2.12. The number of hydrogen-bond acceptors (Lipinski definition) is 8. The van der Waals surface area contributed by atoms with E-state index in [0.29, 0.717) is 28.1 Å². The second-order valence-electron chi connectivity index (χ2n) is 7.25. The summed E-state index contributed by atoms with van der Waals surface area (Å²) in [5.41, 5.74) is 8.67. The Morgan fingerprint density at radius 1 is 1.20 bits per heavy atom. The summed E-state index contributed by atoms with van der Waals surface area (Å²) in [6.45, 7) is -0.282. The highest BCUT2D eigenvalue weighted by Crippen LogP contribution is 2.36. The van der Waals surface area contributed by atoms with Gasteiger partial charge in [-0.15, -0.1) is 0 Å². The fraction of sp³-hybridized carbons (Fsp3) is 0.238. The first kappa shape index (κ1) is 18.4. The van der Waals surface area contributed by atoms with E-state index in [9.17, 15) is 10.2 Å². The first-order chi connectivity index (χ1) is 14.6. The van der Waals surface area contributed by atoms with Crippen LogP contribution < -0.4 is 5.73 Å². The van der Waals surface area contributed by atoms with Gasteiger partial charge in [-0.1, -0.05) is 18.2 Å². The number of nitrogens with two attached hydrogens (primary N) is 1. The van der Waals surface area contributed by atoms with E-state index < -0.39 is 18.4 Å². The molecule has 0 saturated carbocycles. The van der Waals surface area contributed by atoms with Crippen molar-refractivity contribution in [1.82, 2.24) is 19.7 Å². The molecular formula is C21H18N6O3. The number of aliphatic hydroxyl groups excluding tert-OH is 2. The Morgan fingerprint density at radius 3 is 2.77 bits per heavy atom. The summed E-state index contributed by atoms with van der Waals surface area (Å²) < 4.78 is 7.36. The molecule has 0 bridgehead atoms. The van der Waals surface area contributed by atoms with Gasteiger partial charge in [0.1, 0.15) is 23.9 Å². The van der Waals surface area contributed by atoms with Crippen LogP contribution in [0, 0.1) is 11.3 Å². The minimum atomic E-state index is -0.795. The minimum absolute atomic E-state index is 0.278. The lowest BCUT2D eigenvalue weighted by Crippen LogP contribution is -2.24. The van der Waals surface area contributed by atoms with Gasteiger partial charge in [-0.25, -0.2) is 14.6 Å². The average Bonchev–Trinajstić information content (AvgIpc) is 3.34. The number of aromatic nitrogens is 4. The lowest BCUT2D eigenvalue weighted by molar-refractivity contribution is -0.0469. The van der Waals surface area contributed by atoms with Crippen LogP contribution in [-0.2, 0) is 4.74 Å². The van der Waals surface area contributed by atoms with E-state index in [-0.39, 0.29) is 13.0 Å². The van der Waals surface area contributed by atoms with E-state index in [0.717, 1.165) is 16.3 Å². The predicted molar refractivity (Wildman–Crippen MR) is 109 cm³/mol. The van der Waals surface area contributed by atoms with Crippen molar-refractivity contribution < 1.29 is 14.9 Å². The molecule has 4 aromatic rings. The van der Waals surface area contributed by atoms with Gasteiger partial charge in [0.15, 0.2) is 11.9 Å². The van der Waals surface area contributed by atoms with Crippen molar-refractivity contribution in [2.75, 3.05) is 12.3 Å². The van der Waals surface area contributed by atoms with E-state index in [1.54, 1.807) is 10.7 Å². The Morgan fingerprint density at radius 2 is 2.00 bits per heavy atom. The summed E-state index contributed by atoms with van der Waals surface area (Å²) in [4.78, 5) is 8.45. The highest BCUT2D eigenvalue weighted by Gasteiger charge is 2.36. The maximum absolute atomic E-state index is 10.1. The number of nitriles is 1. The lowest BCUT2D eigenvalue weighted by atomic mass is 10.0. The van der Waals surface area contributed by atoms with Crippen molar-refractivity contribution in [3.05, 3.63) is 48.3 Å². The molecule has 1 fully saturated rings. The Bertz CT molecular complexity index is 1310. The fourth-order valence-electron chi connectivity index (χ4n) is 3.89. The maximum Gasteiger partial charge on any atom is 0.166 e.